The number of aromatic nitrogens is 3. The van der Waals surface area contributed by atoms with Gasteiger partial charge in [-0.3, -0.25) is 4.98 Å². The van der Waals surface area contributed by atoms with E-state index in [1.165, 1.54) is 0 Å². The minimum absolute atomic E-state index is 0.0262. The standard InChI is InChI=1S/C16H16BrN3O2S/c1-4-23(21,22)13-6-5-7-18-14(13)16-19-12-9-10(2)8-11(17)15(12)20(16)3/h5-9H,4H2,1-3H3. The number of imidazole rings is 1. The SMILES string of the molecule is CCS(=O)(=O)c1cccnc1-c1nc2cc(C)cc(Br)c2n1C. The van der Waals surface area contributed by atoms with Gasteiger partial charge in [-0.2, -0.15) is 0 Å². The fourth-order valence-electron chi connectivity index (χ4n) is 2.61. The summed E-state index contributed by atoms with van der Waals surface area (Å²) in [6.45, 7) is 3.62. The summed E-state index contributed by atoms with van der Waals surface area (Å²) in [5.74, 6) is 0.567. The number of hydrogen-bond acceptors (Lipinski definition) is 4. The molecule has 0 spiro atoms. The van der Waals surface area contributed by atoms with E-state index in [0.717, 1.165) is 21.1 Å². The van der Waals surface area contributed by atoms with E-state index in [2.05, 4.69) is 25.9 Å². The maximum atomic E-state index is 12.4. The Morgan fingerprint density at radius 3 is 2.74 bits per heavy atom. The highest BCUT2D eigenvalue weighted by Gasteiger charge is 2.22. The quantitative estimate of drug-likeness (QED) is 0.682. The number of nitrogens with zero attached hydrogens (tertiary/aromatic N) is 3. The van der Waals surface area contributed by atoms with Crippen molar-refractivity contribution in [1.82, 2.24) is 14.5 Å². The van der Waals surface area contributed by atoms with E-state index in [1.807, 2.05) is 30.7 Å². The van der Waals surface area contributed by atoms with Crippen LogP contribution in [0, 0.1) is 6.92 Å². The van der Waals surface area contributed by atoms with Crippen molar-refractivity contribution < 1.29 is 8.42 Å². The molecule has 0 aliphatic rings. The van der Waals surface area contributed by atoms with Gasteiger partial charge in [0.1, 0.15) is 5.69 Å². The van der Waals surface area contributed by atoms with Crippen LogP contribution in [0.5, 0.6) is 0 Å². The molecule has 5 nitrogen and oxygen atoms in total. The van der Waals surface area contributed by atoms with E-state index in [0.29, 0.717) is 11.5 Å². The molecule has 0 aliphatic heterocycles. The zero-order valence-corrected chi connectivity index (χ0v) is 15.4. The average molecular weight is 394 g/mol. The van der Waals surface area contributed by atoms with Crippen LogP contribution >= 0.6 is 15.9 Å². The van der Waals surface area contributed by atoms with Crippen molar-refractivity contribution in [3.8, 4) is 11.5 Å². The van der Waals surface area contributed by atoms with E-state index in [-0.39, 0.29) is 10.6 Å². The Morgan fingerprint density at radius 2 is 2.04 bits per heavy atom. The molecule has 0 amide bonds. The zero-order chi connectivity index (χ0) is 16.8. The Bertz CT molecular complexity index is 1010. The van der Waals surface area contributed by atoms with Gasteiger partial charge in [-0.25, -0.2) is 13.4 Å². The normalized spacial score (nSPS) is 12.0. The maximum Gasteiger partial charge on any atom is 0.180 e. The molecule has 0 radical (unpaired) electrons. The van der Waals surface area contributed by atoms with Gasteiger partial charge in [-0.05, 0) is 52.7 Å². The molecule has 3 aromatic rings. The molecule has 0 N–H and O–H groups in total. The van der Waals surface area contributed by atoms with Gasteiger partial charge in [0.2, 0.25) is 0 Å². The van der Waals surface area contributed by atoms with E-state index in [9.17, 15) is 8.42 Å². The summed E-state index contributed by atoms with van der Waals surface area (Å²) in [6, 6.07) is 7.20. The predicted octanol–water partition coefficient (Wildman–Crippen LogP) is 3.50. The summed E-state index contributed by atoms with van der Waals surface area (Å²) in [4.78, 5) is 9.13. The zero-order valence-electron chi connectivity index (χ0n) is 13.0. The van der Waals surface area contributed by atoms with Crippen molar-refractivity contribution in [3.05, 3.63) is 40.5 Å². The summed E-state index contributed by atoms with van der Waals surface area (Å²) >= 11 is 3.56. The van der Waals surface area contributed by atoms with Crippen LogP contribution in [0.15, 0.2) is 39.8 Å². The topological polar surface area (TPSA) is 64.8 Å². The molecule has 1 aromatic carbocycles. The van der Waals surface area contributed by atoms with Gasteiger partial charge in [0.15, 0.2) is 15.7 Å². The van der Waals surface area contributed by atoms with Crippen LogP contribution in [-0.4, -0.2) is 28.7 Å². The fraction of sp³-hybridized carbons (Fsp3) is 0.250. The van der Waals surface area contributed by atoms with E-state index >= 15 is 0 Å². The van der Waals surface area contributed by atoms with Crippen LogP contribution in [0.25, 0.3) is 22.6 Å². The van der Waals surface area contributed by atoms with Crippen molar-refractivity contribution in [3.63, 3.8) is 0 Å². The van der Waals surface area contributed by atoms with Crippen LogP contribution in [0.1, 0.15) is 12.5 Å². The van der Waals surface area contributed by atoms with Crippen molar-refractivity contribution in [2.45, 2.75) is 18.7 Å². The van der Waals surface area contributed by atoms with Gasteiger partial charge < -0.3 is 4.57 Å². The molecule has 0 aliphatic carbocycles. The number of aryl methyl sites for hydroxylation is 2. The van der Waals surface area contributed by atoms with Gasteiger partial charge in [-0.1, -0.05) is 6.92 Å². The smallest absolute Gasteiger partial charge is 0.180 e. The first-order valence-electron chi connectivity index (χ1n) is 7.16. The molecule has 0 saturated carbocycles. The first-order chi connectivity index (χ1) is 10.8. The molecule has 3 rings (SSSR count). The van der Waals surface area contributed by atoms with Crippen molar-refractivity contribution in [1.29, 1.82) is 0 Å². The number of fused-ring (bicyclic) bond motifs is 1. The second kappa shape index (κ2) is 5.72. The lowest BCUT2D eigenvalue weighted by Crippen LogP contribution is -2.08. The minimum Gasteiger partial charge on any atom is -0.325 e. The molecule has 2 heterocycles. The molecular weight excluding hydrogens is 378 g/mol. The number of pyridine rings is 1. The lowest BCUT2D eigenvalue weighted by Gasteiger charge is -2.08. The number of rotatable bonds is 3. The molecular formula is C16H16BrN3O2S. The fourth-order valence-corrected chi connectivity index (χ4v) is 4.47. The summed E-state index contributed by atoms with van der Waals surface area (Å²) in [6.07, 6.45) is 1.59. The predicted molar refractivity (Wildman–Crippen MR) is 94.1 cm³/mol. The molecule has 0 bridgehead atoms. The molecule has 0 atom stereocenters. The Balaban J connectivity index is 2.35. The second-order valence-electron chi connectivity index (χ2n) is 5.36. The summed E-state index contributed by atoms with van der Waals surface area (Å²) in [5.41, 5.74) is 3.19. The Hall–Kier alpha value is -1.73. The van der Waals surface area contributed by atoms with E-state index in [1.54, 1.807) is 25.3 Å². The average Bonchev–Trinajstić information content (AvgIpc) is 2.84. The number of benzene rings is 1. The number of sulfone groups is 1. The van der Waals surface area contributed by atoms with Crippen molar-refractivity contribution in [2.24, 2.45) is 7.05 Å². The summed E-state index contributed by atoms with van der Waals surface area (Å²) < 4.78 is 27.5. The number of hydrogen-bond donors (Lipinski definition) is 0. The highest BCUT2D eigenvalue weighted by atomic mass is 79.9. The van der Waals surface area contributed by atoms with Crippen LogP contribution in [0.2, 0.25) is 0 Å². The minimum atomic E-state index is -3.38. The van der Waals surface area contributed by atoms with Crippen LogP contribution in [-0.2, 0) is 16.9 Å². The molecule has 2 aromatic heterocycles. The molecule has 0 unspecified atom stereocenters. The second-order valence-corrected chi connectivity index (χ2v) is 8.46. The lowest BCUT2D eigenvalue weighted by molar-refractivity contribution is 0.597. The van der Waals surface area contributed by atoms with E-state index in [4.69, 9.17) is 0 Å². The third-order valence-corrected chi connectivity index (χ3v) is 6.13. The lowest BCUT2D eigenvalue weighted by atomic mass is 10.2. The van der Waals surface area contributed by atoms with Crippen molar-refractivity contribution in [2.75, 3.05) is 5.75 Å². The van der Waals surface area contributed by atoms with Gasteiger partial charge in [-0.15, -0.1) is 0 Å². The molecule has 7 heteroatoms. The first-order valence-corrected chi connectivity index (χ1v) is 9.60. The largest absolute Gasteiger partial charge is 0.325 e. The van der Waals surface area contributed by atoms with Gasteiger partial charge in [0, 0.05) is 17.7 Å². The molecule has 0 saturated heterocycles. The molecule has 0 fully saturated rings. The highest BCUT2D eigenvalue weighted by molar-refractivity contribution is 9.10. The third kappa shape index (κ3) is 2.68. The van der Waals surface area contributed by atoms with Crippen LogP contribution < -0.4 is 0 Å². The van der Waals surface area contributed by atoms with Gasteiger partial charge in [0.05, 0.1) is 21.7 Å². The Labute approximate surface area is 143 Å². The van der Waals surface area contributed by atoms with E-state index < -0.39 is 9.84 Å². The monoisotopic (exact) mass is 393 g/mol. The number of halogens is 1. The maximum absolute atomic E-state index is 12.4. The first kappa shape index (κ1) is 16.1. The van der Waals surface area contributed by atoms with Gasteiger partial charge >= 0.3 is 0 Å². The highest BCUT2D eigenvalue weighted by Crippen LogP contribution is 2.31. The van der Waals surface area contributed by atoms with Crippen molar-refractivity contribution >= 4 is 36.8 Å². The summed E-state index contributed by atoms with van der Waals surface area (Å²) in [5, 5.41) is 0. The molecule has 120 valence electrons. The third-order valence-electron chi connectivity index (χ3n) is 3.76. The van der Waals surface area contributed by atoms with Crippen LogP contribution in [0.4, 0.5) is 0 Å². The molecule has 23 heavy (non-hydrogen) atoms. The Morgan fingerprint density at radius 1 is 1.30 bits per heavy atom. The summed E-state index contributed by atoms with van der Waals surface area (Å²) in [7, 11) is -1.51. The Kier molecular flexibility index (Phi) is 4.01. The van der Waals surface area contributed by atoms with Crippen LogP contribution in [0.3, 0.4) is 0 Å². The van der Waals surface area contributed by atoms with Gasteiger partial charge in [0.25, 0.3) is 0 Å².